The molecule has 2 aromatic rings. The number of hydrogen-bond donors (Lipinski definition) is 1. The minimum Gasteiger partial charge on any atom is -0.435 e. The number of hydrogen-bond acceptors (Lipinski definition) is 4. The molecule has 0 bridgehead atoms. The number of nitrogen functional groups attached to an aromatic ring is 1. The van der Waals surface area contributed by atoms with Crippen molar-refractivity contribution in [3.63, 3.8) is 0 Å². The van der Waals surface area contributed by atoms with Gasteiger partial charge in [0.25, 0.3) is 0 Å². The lowest BCUT2D eigenvalue weighted by atomic mass is 10.1. The summed E-state index contributed by atoms with van der Waals surface area (Å²) < 4.78 is 28.8. The Kier molecular flexibility index (Phi) is 3.23. The van der Waals surface area contributed by atoms with Crippen LogP contribution in [0.25, 0.3) is 11.3 Å². The Bertz CT molecular complexity index is 528. The van der Waals surface area contributed by atoms with Crippen molar-refractivity contribution in [2.45, 2.75) is 13.5 Å². The van der Waals surface area contributed by atoms with Gasteiger partial charge in [-0.3, -0.25) is 0 Å². The number of thiazole rings is 1. The van der Waals surface area contributed by atoms with E-state index in [0.29, 0.717) is 22.0 Å². The van der Waals surface area contributed by atoms with Crippen molar-refractivity contribution in [3.05, 3.63) is 29.1 Å². The summed E-state index contributed by atoms with van der Waals surface area (Å²) in [4.78, 5) is 4.08. The van der Waals surface area contributed by atoms with Crippen LogP contribution in [0.1, 0.15) is 5.56 Å². The molecule has 2 N–H and O–H groups in total. The summed E-state index contributed by atoms with van der Waals surface area (Å²) in [6, 6.07) is 5.04. The third-order valence-corrected chi connectivity index (χ3v) is 2.90. The molecule has 1 aromatic heterocycles. The molecule has 1 aromatic carbocycles. The second kappa shape index (κ2) is 4.67. The number of benzene rings is 1. The first-order chi connectivity index (χ1) is 8.06. The van der Waals surface area contributed by atoms with Crippen LogP contribution in [0.3, 0.4) is 0 Å². The van der Waals surface area contributed by atoms with Gasteiger partial charge in [-0.1, -0.05) is 12.1 Å². The van der Waals surface area contributed by atoms with Crippen LogP contribution < -0.4 is 10.5 Å². The maximum absolute atomic E-state index is 12.2. The molecule has 0 radical (unpaired) electrons. The molecule has 17 heavy (non-hydrogen) atoms. The second-order valence-corrected chi connectivity index (χ2v) is 4.32. The highest BCUT2D eigenvalue weighted by Gasteiger charge is 2.10. The zero-order valence-electron chi connectivity index (χ0n) is 8.98. The first kappa shape index (κ1) is 11.8. The van der Waals surface area contributed by atoms with E-state index in [1.54, 1.807) is 24.4 Å². The first-order valence-electron chi connectivity index (χ1n) is 4.83. The van der Waals surface area contributed by atoms with Crippen LogP contribution in [-0.2, 0) is 0 Å². The Morgan fingerprint density at radius 3 is 2.76 bits per heavy atom. The Labute approximate surface area is 101 Å². The van der Waals surface area contributed by atoms with Gasteiger partial charge >= 0.3 is 6.61 Å². The van der Waals surface area contributed by atoms with Gasteiger partial charge in [-0.05, 0) is 18.6 Å². The average Bonchev–Trinajstić information content (AvgIpc) is 2.67. The molecule has 3 nitrogen and oxygen atoms in total. The molecular formula is C11H10F2N2OS. The van der Waals surface area contributed by atoms with E-state index in [1.165, 1.54) is 17.4 Å². The minimum atomic E-state index is -2.83. The maximum Gasteiger partial charge on any atom is 0.387 e. The molecule has 1 heterocycles. The fraction of sp³-hybridized carbons (Fsp3) is 0.182. The largest absolute Gasteiger partial charge is 0.435 e. The van der Waals surface area contributed by atoms with Gasteiger partial charge in [-0.2, -0.15) is 8.78 Å². The molecule has 0 saturated carbocycles. The summed E-state index contributed by atoms with van der Waals surface area (Å²) in [6.07, 6.45) is 0. The van der Waals surface area contributed by atoms with E-state index in [9.17, 15) is 8.78 Å². The first-order valence-corrected chi connectivity index (χ1v) is 5.71. The van der Waals surface area contributed by atoms with Crippen molar-refractivity contribution >= 4 is 16.5 Å². The number of aromatic nitrogens is 1. The molecule has 6 heteroatoms. The van der Waals surface area contributed by atoms with Crippen molar-refractivity contribution in [2.75, 3.05) is 5.73 Å². The van der Waals surface area contributed by atoms with Crippen LogP contribution in [-0.4, -0.2) is 11.6 Å². The van der Waals surface area contributed by atoms with Crippen LogP contribution in [0, 0.1) is 6.92 Å². The zero-order chi connectivity index (χ0) is 12.4. The molecule has 0 aliphatic rings. The molecule has 0 spiro atoms. The molecule has 0 amide bonds. The van der Waals surface area contributed by atoms with Gasteiger partial charge in [0.1, 0.15) is 5.75 Å². The zero-order valence-corrected chi connectivity index (χ0v) is 9.80. The summed E-state index contributed by atoms with van der Waals surface area (Å²) in [5.74, 6) is 0.157. The van der Waals surface area contributed by atoms with E-state index in [0.717, 1.165) is 0 Å². The monoisotopic (exact) mass is 256 g/mol. The summed E-state index contributed by atoms with van der Waals surface area (Å²) >= 11 is 1.30. The Morgan fingerprint density at radius 1 is 1.41 bits per heavy atom. The van der Waals surface area contributed by atoms with Crippen molar-refractivity contribution in [3.8, 4) is 17.0 Å². The molecule has 90 valence electrons. The van der Waals surface area contributed by atoms with Crippen LogP contribution in [0.4, 0.5) is 13.9 Å². The van der Waals surface area contributed by atoms with Crippen molar-refractivity contribution in [1.29, 1.82) is 0 Å². The Hall–Kier alpha value is -1.69. The summed E-state index contributed by atoms with van der Waals surface area (Å²) in [6.45, 7) is -1.12. The van der Waals surface area contributed by atoms with E-state index in [-0.39, 0.29) is 5.75 Å². The molecule has 0 saturated heterocycles. The Morgan fingerprint density at radius 2 is 2.18 bits per heavy atom. The second-order valence-electron chi connectivity index (χ2n) is 3.43. The maximum atomic E-state index is 12.2. The van der Waals surface area contributed by atoms with Gasteiger partial charge < -0.3 is 10.5 Å². The molecule has 0 aliphatic carbocycles. The minimum absolute atomic E-state index is 0.157. The van der Waals surface area contributed by atoms with Gasteiger partial charge in [0.15, 0.2) is 5.13 Å². The normalized spacial score (nSPS) is 10.8. The van der Waals surface area contributed by atoms with Gasteiger partial charge in [-0.25, -0.2) is 4.98 Å². The number of rotatable bonds is 3. The highest BCUT2D eigenvalue weighted by atomic mass is 32.1. The fourth-order valence-electron chi connectivity index (χ4n) is 1.40. The molecule has 2 rings (SSSR count). The number of nitrogens with zero attached hydrogens (tertiary/aromatic N) is 1. The number of halogens is 2. The van der Waals surface area contributed by atoms with Crippen LogP contribution in [0.2, 0.25) is 0 Å². The lowest BCUT2D eigenvalue weighted by molar-refractivity contribution is -0.0502. The molecule has 0 atom stereocenters. The average molecular weight is 256 g/mol. The lowest BCUT2D eigenvalue weighted by Crippen LogP contribution is -2.03. The van der Waals surface area contributed by atoms with Crippen molar-refractivity contribution < 1.29 is 13.5 Å². The highest BCUT2D eigenvalue weighted by molar-refractivity contribution is 7.13. The van der Waals surface area contributed by atoms with Crippen molar-refractivity contribution in [1.82, 2.24) is 4.98 Å². The summed E-state index contributed by atoms with van der Waals surface area (Å²) in [5.41, 5.74) is 7.54. The molecule has 0 fully saturated rings. The number of anilines is 1. The van der Waals surface area contributed by atoms with Gasteiger partial charge in [-0.15, -0.1) is 11.3 Å². The van der Waals surface area contributed by atoms with Crippen molar-refractivity contribution in [2.24, 2.45) is 0 Å². The topological polar surface area (TPSA) is 48.1 Å². The lowest BCUT2D eigenvalue weighted by Gasteiger charge is -2.08. The van der Waals surface area contributed by atoms with E-state index in [4.69, 9.17) is 5.73 Å². The third-order valence-electron chi connectivity index (χ3n) is 2.22. The van der Waals surface area contributed by atoms with Gasteiger partial charge in [0.2, 0.25) is 0 Å². The summed E-state index contributed by atoms with van der Waals surface area (Å²) in [5, 5.41) is 2.21. The van der Waals surface area contributed by atoms with Crippen LogP contribution >= 0.6 is 11.3 Å². The highest BCUT2D eigenvalue weighted by Crippen LogP contribution is 2.29. The molecule has 0 aliphatic heterocycles. The van der Waals surface area contributed by atoms with E-state index < -0.39 is 6.61 Å². The van der Waals surface area contributed by atoms with Gasteiger partial charge in [0.05, 0.1) is 5.69 Å². The number of ether oxygens (including phenoxy) is 1. The third kappa shape index (κ3) is 2.71. The number of nitrogens with two attached hydrogens (primary N) is 1. The molecule has 0 unspecified atom stereocenters. The van der Waals surface area contributed by atoms with Crippen LogP contribution in [0.15, 0.2) is 23.6 Å². The Balaban J connectivity index is 2.36. The standard InChI is InChI=1S/C11H10F2N2OS/c1-6-2-3-7(4-9(6)16-10(12)13)8-5-17-11(14)15-8/h2-5,10H,1H3,(H2,14,15). The van der Waals surface area contributed by atoms with E-state index >= 15 is 0 Å². The predicted octanol–water partition coefficient (Wildman–Crippen LogP) is 3.30. The van der Waals surface area contributed by atoms with E-state index in [2.05, 4.69) is 9.72 Å². The SMILES string of the molecule is Cc1ccc(-c2csc(N)n2)cc1OC(F)F. The predicted molar refractivity (Wildman–Crippen MR) is 63.3 cm³/mol. The number of aryl methyl sites for hydroxylation is 1. The smallest absolute Gasteiger partial charge is 0.387 e. The van der Waals surface area contributed by atoms with Crippen LogP contribution in [0.5, 0.6) is 5.75 Å². The molecular weight excluding hydrogens is 246 g/mol. The summed E-state index contributed by atoms with van der Waals surface area (Å²) in [7, 11) is 0. The van der Waals surface area contributed by atoms with Gasteiger partial charge in [0, 0.05) is 10.9 Å². The van der Waals surface area contributed by atoms with E-state index in [1.807, 2.05) is 0 Å². The quantitative estimate of drug-likeness (QED) is 0.916. The number of alkyl halides is 2. The fourth-order valence-corrected chi connectivity index (χ4v) is 1.97.